The van der Waals surface area contributed by atoms with Gasteiger partial charge in [0, 0.05) is 10.8 Å². The maximum atomic E-state index is 5.99. The van der Waals surface area contributed by atoms with Crippen molar-refractivity contribution in [1.82, 2.24) is 0 Å². The van der Waals surface area contributed by atoms with Crippen LogP contribution in [-0.4, -0.2) is 13.2 Å². The first kappa shape index (κ1) is 14.1. The van der Waals surface area contributed by atoms with Gasteiger partial charge in [0.05, 0.1) is 6.61 Å². The van der Waals surface area contributed by atoms with E-state index in [-0.39, 0.29) is 0 Å². The molecule has 1 atom stereocenters. The van der Waals surface area contributed by atoms with Crippen molar-refractivity contribution in [3.63, 3.8) is 0 Å². The normalized spacial score (nSPS) is 12.4. The third kappa shape index (κ3) is 3.37. The summed E-state index contributed by atoms with van der Waals surface area (Å²) < 4.78 is 5.72. The number of aryl methyl sites for hydroxylation is 1. The molecule has 0 aliphatic carbocycles. The second kappa shape index (κ2) is 6.73. The van der Waals surface area contributed by atoms with Gasteiger partial charge in [-0.15, -0.1) is 11.3 Å². The molecule has 0 aliphatic heterocycles. The van der Waals surface area contributed by atoms with Gasteiger partial charge in [-0.3, -0.25) is 0 Å². The van der Waals surface area contributed by atoms with Crippen LogP contribution < -0.4 is 10.5 Å². The minimum atomic E-state index is 0.320. The molecule has 1 heterocycles. The highest BCUT2D eigenvalue weighted by molar-refractivity contribution is 7.10. The molecule has 1 aromatic heterocycles. The lowest BCUT2D eigenvalue weighted by atomic mass is 9.93. The van der Waals surface area contributed by atoms with Crippen molar-refractivity contribution in [1.29, 1.82) is 0 Å². The highest BCUT2D eigenvalue weighted by Gasteiger charge is 2.16. The molecule has 0 fully saturated rings. The van der Waals surface area contributed by atoms with E-state index in [4.69, 9.17) is 10.5 Å². The summed E-state index contributed by atoms with van der Waals surface area (Å²) in [5.74, 6) is 1.29. The quantitative estimate of drug-likeness (QED) is 0.871. The van der Waals surface area contributed by atoms with E-state index < -0.39 is 0 Å². The molecule has 0 aliphatic rings. The fourth-order valence-electron chi connectivity index (χ4n) is 2.26. The molecule has 19 heavy (non-hydrogen) atoms. The van der Waals surface area contributed by atoms with E-state index in [1.54, 1.807) is 0 Å². The van der Waals surface area contributed by atoms with Crippen LogP contribution in [0, 0.1) is 6.92 Å². The van der Waals surface area contributed by atoms with E-state index in [1.807, 2.05) is 30.4 Å². The Morgan fingerprint density at radius 2 is 2.05 bits per heavy atom. The number of benzene rings is 1. The average Bonchev–Trinajstić information content (AvgIpc) is 2.83. The van der Waals surface area contributed by atoms with Gasteiger partial charge >= 0.3 is 0 Å². The molecule has 1 aromatic carbocycles. The van der Waals surface area contributed by atoms with Crippen molar-refractivity contribution >= 4 is 11.3 Å². The Labute approximate surface area is 119 Å². The molecule has 2 rings (SSSR count). The van der Waals surface area contributed by atoms with Gasteiger partial charge in [-0.1, -0.05) is 18.2 Å². The molecule has 2 aromatic rings. The lowest BCUT2D eigenvalue weighted by molar-refractivity contribution is 0.334. The molecule has 0 saturated carbocycles. The van der Waals surface area contributed by atoms with Crippen LogP contribution in [0.15, 0.2) is 35.7 Å². The van der Waals surface area contributed by atoms with Gasteiger partial charge in [-0.2, -0.15) is 0 Å². The van der Waals surface area contributed by atoms with Gasteiger partial charge in [-0.25, -0.2) is 0 Å². The lowest BCUT2D eigenvalue weighted by Crippen LogP contribution is -2.16. The molecule has 2 N–H and O–H groups in total. The van der Waals surface area contributed by atoms with E-state index in [9.17, 15) is 0 Å². The van der Waals surface area contributed by atoms with Crippen molar-refractivity contribution in [3.8, 4) is 5.75 Å². The molecule has 1 unspecified atom stereocenters. The summed E-state index contributed by atoms with van der Waals surface area (Å²) in [4.78, 5) is 1.42. The predicted molar refractivity (Wildman–Crippen MR) is 82.2 cm³/mol. The van der Waals surface area contributed by atoms with Crippen LogP contribution in [0.25, 0.3) is 0 Å². The van der Waals surface area contributed by atoms with E-state index in [1.165, 1.54) is 16.0 Å². The van der Waals surface area contributed by atoms with Crippen molar-refractivity contribution in [2.75, 3.05) is 13.2 Å². The maximum absolute atomic E-state index is 5.99. The SMILES string of the molecule is CCOc1ccccc1C(CN)Cc1sccc1C. The van der Waals surface area contributed by atoms with Crippen molar-refractivity contribution in [2.45, 2.75) is 26.2 Å². The first-order chi connectivity index (χ1) is 9.26. The molecule has 0 radical (unpaired) electrons. The molecular weight excluding hydrogens is 254 g/mol. The molecular formula is C16H21NOS. The van der Waals surface area contributed by atoms with Crippen LogP contribution in [0.5, 0.6) is 5.75 Å². The van der Waals surface area contributed by atoms with E-state index in [0.29, 0.717) is 19.1 Å². The van der Waals surface area contributed by atoms with E-state index in [0.717, 1.165) is 12.2 Å². The molecule has 0 saturated heterocycles. The second-order valence-corrected chi connectivity index (χ2v) is 5.64. The lowest BCUT2D eigenvalue weighted by Gasteiger charge is -2.18. The van der Waals surface area contributed by atoms with Crippen LogP contribution in [0.4, 0.5) is 0 Å². The van der Waals surface area contributed by atoms with Crippen LogP contribution in [0.3, 0.4) is 0 Å². The zero-order chi connectivity index (χ0) is 13.7. The number of para-hydroxylation sites is 1. The zero-order valence-corrected chi connectivity index (χ0v) is 12.4. The zero-order valence-electron chi connectivity index (χ0n) is 11.6. The van der Waals surface area contributed by atoms with Gasteiger partial charge in [-0.05, 0) is 55.5 Å². The highest BCUT2D eigenvalue weighted by Crippen LogP contribution is 2.31. The summed E-state index contributed by atoms with van der Waals surface area (Å²) in [7, 11) is 0. The molecule has 2 nitrogen and oxygen atoms in total. The van der Waals surface area contributed by atoms with E-state index >= 15 is 0 Å². The Morgan fingerprint density at radius 1 is 1.26 bits per heavy atom. The van der Waals surface area contributed by atoms with Gasteiger partial charge in [0.1, 0.15) is 5.75 Å². The Bertz CT molecular complexity index is 521. The van der Waals surface area contributed by atoms with Crippen LogP contribution in [-0.2, 0) is 6.42 Å². The van der Waals surface area contributed by atoms with Crippen LogP contribution in [0.1, 0.15) is 28.8 Å². The Balaban J connectivity index is 2.24. The number of rotatable bonds is 6. The fraction of sp³-hybridized carbons (Fsp3) is 0.375. The Hall–Kier alpha value is -1.32. The third-order valence-corrected chi connectivity index (χ3v) is 4.39. The maximum Gasteiger partial charge on any atom is 0.122 e. The summed E-state index contributed by atoms with van der Waals surface area (Å²) in [6.07, 6.45) is 0.990. The number of nitrogens with two attached hydrogens (primary N) is 1. The third-order valence-electron chi connectivity index (χ3n) is 3.34. The minimum Gasteiger partial charge on any atom is -0.494 e. The van der Waals surface area contributed by atoms with Crippen LogP contribution >= 0.6 is 11.3 Å². The summed E-state index contributed by atoms with van der Waals surface area (Å²) in [5, 5.41) is 2.15. The molecule has 0 spiro atoms. The standard InChI is InChI=1S/C16H21NOS/c1-3-18-15-7-5-4-6-14(15)13(11-17)10-16-12(2)8-9-19-16/h4-9,13H,3,10-11,17H2,1-2H3. The average molecular weight is 275 g/mol. The minimum absolute atomic E-state index is 0.320. The van der Waals surface area contributed by atoms with Gasteiger partial charge in [0.2, 0.25) is 0 Å². The Kier molecular flexibility index (Phi) is 5.00. The van der Waals surface area contributed by atoms with Gasteiger partial charge < -0.3 is 10.5 Å². The van der Waals surface area contributed by atoms with Crippen molar-refractivity contribution in [2.24, 2.45) is 5.73 Å². The van der Waals surface area contributed by atoms with Crippen molar-refractivity contribution in [3.05, 3.63) is 51.7 Å². The van der Waals surface area contributed by atoms with Crippen LogP contribution in [0.2, 0.25) is 0 Å². The molecule has 102 valence electrons. The van der Waals surface area contributed by atoms with Gasteiger partial charge in [0.25, 0.3) is 0 Å². The monoisotopic (exact) mass is 275 g/mol. The number of ether oxygens (including phenoxy) is 1. The molecule has 3 heteroatoms. The fourth-order valence-corrected chi connectivity index (χ4v) is 3.25. The first-order valence-electron chi connectivity index (χ1n) is 6.71. The first-order valence-corrected chi connectivity index (χ1v) is 7.59. The number of thiophene rings is 1. The topological polar surface area (TPSA) is 35.2 Å². The van der Waals surface area contributed by atoms with Gasteiger partial charge in [0.15, 0.2) is 0 Å². The Morgan fingerprint density at radius 3 is 2.68 bits per heavy atom. The second-order valence-electron chi connectivity index (χ2n) is 4.63. The summed E-state index contributed by atoms with van der Waals surface area (Å²) in [6, 6.07) is 10.4. The van der Waals surface area contributed by atoms with Crippen molar-refractivity contribution < 1.29 is 4.74 Å². The summed E-state index contributed by atoms with van der Waals surface area (Å²) >= 11 is 1.81. The highest BCUT2D eigenvalue weighted by atomic mass is 32.1. The summed E-state index contributed by atoms with van der Waals surface area (Å²) in [5.41, 5.74) is 8.57. The number of hydrogen-bond acceptors (Lipinski definition) is 3. The predicted octanol–water partition coefficient (Wildman–Crippen LogP) is 3.74. The van der Waals surface area contributed by atoms with E-state index in [2.05, 4.69) is 30.5 Å². The largest absolute Gasteiger partial charge is 0.494 e. The smallest absolute Gasteiger partial charge is 0.122 e. The molecule has 0 amide bonds. The molecule has 0 bridgehead atoms. The summed E-state index contributed by atoms with van der Waals surface area (Å²) in [6.45, 7) is 5.50. The number of hydrogen-bond donors (Lipinski definition) is 1.